The van der Waals surface area contributed by atoms with E-state index >= 15 is 0 Å². The molecule has 29 heavy (non-hydrogen) atoms. The van der Waals surface area contributed by atoms with Crippen LogP contribution in [-0.4, -0.2) is 27.1 Å². The Morgan fingerprint density at radius 3 is 2.03 bits per heavy atom. The lowest BCUT2D eigenvalue weighted by molar-refractivity contribution is -0.120. The molecule has 5 nitrogen and oxygen atoms in total. The standard InChI is InChI=1S/C23H24N2O3S/c1-18-11-9-10-16-21(18)23(19-12-5-3-6-13-19)24-22(26)17-25(29(2,27)28)20-14-7-4-8-15-20/h3-16,23H,17H2,1-2H3,(H,24,26)/t23-/m1/s1. The molecule has 0 unspecified atom stereocenters. The van der Waals surface area contributed by atoms with E-state index in [2.05, 4.69) is 5.32 Å². The zero-order chi connectivity index (χ0) is 20.9. The zero-order valence-electron chi connectivity index (χ0n) is 16.4. The summed E-state index contributed by atoms with van der Waals surface area (Å²) in [6, 6.07) is 25.7. The number of nitrogens with zero attached hydrogens (tertiary/aromatic N) is 1. The van der Waals surface area contributed by atoms with Crippen molar-refractivity contribution in [1.82, 2.24) is 5.32 Å². The van der Waals surface area contributed by atoms with E-state index in [1.807, 2.05) is 61.5 Å². The molecule has 0 aliphatic carbocycles. The minimum atomic E-state index is -3.61. The van der Waals surface area contributed by atoms with Crippen molar-refractivity contribution in [3.05, 3.63) is 102 Å². The Labute approximate surface area is 172 Å². The molecule has 3 aromatic carbocycles. The molecule has 0 aliphatic heterocycles. The molecule has 0 saturated heterocycles. The molecule has 0 heterocycles. The number of nitrogens with one attached hydrogen (secondary N) is 1. The number of amides is 1. The highest BCUT2D eigenvalue weighted by Gasteiger charge is 2.24. The van der Waals surface area contributed by atoms with Gasteiger partial charge in [0.1, 0.15) is 6.54 Å². The van der Waals surface area contributed by atoms with Crippen LogP contribution >= 0.6 is 0 Å². The summed E-state index contributed by atoms with van der Waals surface area (Å²) < 4.78 is 25.7. The quantitative estimate of drug-likeness (QED) is 0.649. The average Bonchev–Trinajstić information content (AvgIpc) is 2.71. The summed E-state index contributed by atoms with van der Waals surface area (Å²) in [4.78, 5) is 12.9. The van der Waals surface area contributed by atoms with E-state index in [1.54, 1.807) is 30.3 Å². The third-order valence-corrected chi connectivity index (χ3v) is 5.81. The van der Waals surface area contributed by atoms with E-state index < -0.39 is 10.0 Å². The van der Waals surface area contributed by atoms with Crippen LogP contribution in [0.25, 0.3) is 0 Å². The van der Waals surface area contributed by atoms with Gasteiger partial charge < -0.3 is 5.32 Å². The number of rotatable bonds is 7. The molecular formula is C23H24N2O3S. The number of carbonyl (C=O) groups is 1. The number of benzene rings is 3. The van der Waals surface area contributed by atoms with Gasteiger partial charge in [-0.05, 0) is 35.7 Å². The number of hydrogen-bond acceptors (Lipinski definition) is 3. The van der Waals surface area contributed by atoms with Crippen LogP contribution in [0.4, 0.5) is 5.69 Å². The molecular weight excluding hydrogens is 384 g/mol. The van der Waals surface area contributed by atoms with Crippen molar-refractivity contribution in [2.45, 2.75) is 13.0 Å². The Morgan fingerprint density at radius 1 is 0.897 bits per heavy atom. The first-order valence-corrected chi connectivity index (χ1v) is 11.1. The van der Waals surface area contributed by atoms with Gasteiger partial charge in [-0.1, -0.05) is 72.8 Å². The molecule has 1 amide bonds. The average molecular weight is 409 g/mol. The van der Waals surface area contributed by atoms with Crippen molar-refractivity contribution in [2.24, 2.45) is 0 Å². The van der Waals surface area contributed by atoms with Gasteiger partial charge in [-0.25, -0.2) is 8.42 Å². The van der Waals surface area contributed by atoms with Crippen LogP contribution in [-0.2, 0) is 14.8 Å². The van der Waals surface area contributed by atoms with Gasteiger partial charge in [0.15, 0.2) is 0 Å². The van der Waals surface area contributed by atoms with Gasteiger partial charge in [-0.15, -0.1) is 0 Å². The molecule has 0 fully saturated rings. The van der Waals surface area contributed by atoms with Crippen LogP contribution in [0.5, 0.6) is 0 Å². The van der Waals surface area contributed by atoms with E-state index in [9.17, 15) is 13.2 Å². The van der Waals surface area contributed by atoms with Crippen molar-refractivity contribution in [1.29, 1.82) is 0 Å². The summed E-state index contributed by atoms with van der Waals surface area (Å²) in [7, 11) is -3.61. The number of sulfonamides is 1. The fourth-order valence-corrected chi connectivity index (χ4v) is 4.08. The van der Waals surface area contributed by atoms with E-state index in [1.165, 1.54) is 0 Å². The SMILES string of the molecule is Cc1ccccc1[C@H](NC(=O)CN(c1ccccc1)S(C)(=O)=O)c1ccccc1. The number of anilines is 1. The maximum absolute atomic E-state index is 12.9. The smallest absolute Gasteiger partial charge is 0.241 e. The van der Waals surface area contributed by atoms with E-state index in [0.717, 1.165) is 27.3 Å². The molecule has 1 atom stereocenters. The second-order valence-electron chi connectivity index (χ2n) is 6.87. The van der Waals surface area contributed by atoms with Crippen molar-refractivity contribution in [3.63, 3.8) is 0 Å². The maximum Gasteiger partial charge on any atom is 0.241 e. The first kappa shape index (κ1) is 20.6. The van der Waals surface area contributed by atoms with Crippen LogP contribution in [0.1, 0.15) is 22.7 Å². The first-order valence-electron chi connectivity index (χ1n) is 9.29. The lowest BCUT2D eigenvalue weighted by Gasteiger charge is -2.25. The third kappa shape index (κ3) is 5.23. The molecule has 0 aromatic heterocycles. The van der Waals surface area contributed by atoms with Crippen LogP contribution in [0.3, 0.4) is 0 Å². The second-order valence-corrected chi connectivity index (χ2v) is 8.78. The predicted molar refractivity (Wildman–Crippen MR) is 116 cm³/mol. The largest absolute Gasteiger partial charge is 0.344 e. The summed E-state index contributed by atoms with van der Waals surface area (Å²) in [5, 5.41) is 3.02. The summed E-state index contributed by atoms with van der Waals surface area (Å²) in [5.41, 5.74) is 3.40. The van der Waals surface area contributed by atoms with Crippen LogP contribution in [0.2, 0.25) is 0 Å². The van der Waals surface area contributed by atoms with Gasteiger partial charge in [0.05, 0.1) is 18.0 Å². The first-order chi connectivity index (χ1) is 13.9. The van der Waals surface area contributed by atoms with Crippen molar-refractivity contribution < 1.29 is 13.2 Å². The minimum absolute atomic E-state index is 0.294. The van der Waals surface area contributed by atoms with E-state index in [0.29, 0.717) is 5.69 Å². The van der Waals surface area contributed by atoms with Crippen LogP contribution in [0, 0.1) is 6.92 Å². The summed E-state index contributed by atoms with van der Waals surface area (Å²) >= 11 is 0. The number of hydrogen-bond donors (Lipinski definition) is 1. The normalized spacial score (nSPS) is 12.2. The molecule has 0 spiro atoms. The van der Waals surface area contributed by atoms with Gasteiger partial charge in [-0.3, -0.25) is 9.10 Å². The topological polar surface area (TPSA) is 66.5 Å². The summed E-state index contributed by atoms with van der Waals surface area (Å²) in [6.45, 7) is 1.70. The molecule has 0 bridgehead atoms. The summed E-state index contributed by atoms with van der Waals surface area (Å²) in [6.07, 6.45) is 1.10. The van der Waals surface area contributed by atoms with Gasteiger partial charge in [0.25, 0.3) is 0 Å². The van der Waals surface area contributed by atoms with Gasteiger partial charge in [-0.2, -0.15) is 0 Å². The maximum atomic E-state index is 12.9. The monoisotopic (exact) mass is 408 g/mol. The fraction of sp³-hybridized carbons (Fsp3) is 0.174. The number of para-hydroxylation sites is 1. The number of aryl methyl sites for hydroxylation is 1. The van der Waals surface area contributed by atoms with E-state index in [-0.39, 0.29) is 18.5 Å². The second kappa shape index (κ2) is 8.92. The van der Waals surface area contributed by atoms with Crippen molar-refractivity contribution >= 4 is 21.6 Å². The molecule has 0 aliphatic rings. The molecule has 6 heteroatoms. The Kier molecular flexibility index (Phi) is 6.34. The molecule has 3 aromatic rings. The highest BCUT2D eigenvalue weighted by Crippen LogP contribution is 2.25. The summed E-state index contributed by atoms with van der Waals surface area (Å²) in [5.74, 6) is -0.378. The van der Waals surface area contributed by atoms with Gasteiger partial charge in [0, 0.05) is 0 Å². The fourth-order valence-electron chi connectivity index (χ4n) is 3.23. The molecule has 150 valence electrons. The Balaban J connectivity index is 1.89. The van der Waals surface area contributed by atoms with Crippen LogP contribution < -0.4 is 9.62 Å². The molecule has 0 saturated carbocycles. The van der Waals surface area contributed by atoms with Crippen molar-refractivity contribution in [2.75, 3.05) is 17.1 Å². The third-order valence-electron chi connectivity index (χ3n) is 4.67. The Bertz CT molecular complexity index is 1070. The molecule has 0 radical (unpaired) electrons. The molecule has 3 rings (SSSR count). The van der Waals surface area contributed by atoms with Crippen LogP contribution in [0.15, 0.2) is 84.9 Å². The Morgan fingerprint density at radius 2 is 1.45 bits per heavy atom. The lowest BCUT2D eigenvalue weighted by atomic mass is 9.95. The molecule has 1 N–H and O–H groups in total. The number of carbonyl (C=O) groups excluding carboxylic acids is 1. The predicted octanol–water partition coefficient (Wildman–Crippen LogP) is 3.67. The van der Waals surface area contributed by atoms with Crippen molar-refractivity contribution in [3.8, 4) is 0 Å². The zero-order valence-corrected chi connectivity index (χ0v) is 17.3. The minimum Gasteiger partial charge on any atom is -0.344 e. The Hall–Kier alpha value is -3.12. The highest BCUT2D eigenvalue weighted by molar-refractivity contribution is 7.92. The lowest BCUT2D eigenvalue weighted by Crippen LogP contribution is -2.42. The van der Waals surface area contributed by atoms with E-state index in [4.69, 9.17) is 0 Å². The van der Waals surface area contributed by atoms with Gasteiger partial charge in [0.2, 0.25) is 15.9 Å². The van der Waals surface area contributed by atoms with Gasteiger partial charge >= 0.3 is 0 Å². The highest BCUT2D eigenvalue weighted by atomic mass is 32.2.